The fourth-order valence-corrected chi connectivity index (χ4v) is 3.46. The summed E-state index contributed by atoms with van der Waals surface area (Å²) in [5.41, 5.74) is 0.409. The summed E-state index contributed by atoms with van der Waals surface area (Å²) < 4.78 is 16.0. The summed E-state index contributed by atoms with van der Waals surface area (Å²) in [5, 5.41) is 6.70. The first kappa shape index (κ1) is 23.0. The molecule has 0 unspecified atom stereocenters. The predicted octanol–water partition coefficient (Wildman–Crippen LogP) is 4.48. The second kappa shape index (κ2) is 10.1. The molecule has 3 aromatic rings. The third-order valence-corrected chi connectivity index (χ3v) is 5.50. The third kappa shape index (κ3) is 5.33. The molecule has 10 heteroatoms. The van der Waals surface area contributed by atoms with E-state index in [9.17, 15) is 14.0 Å². The first-order valence-electron chi connectivity index (χ1n) is 9.76. The lowest BCUT2D eigenvalue weighted by atomic mass is 10.0. The molecule has 7 nitrogen and oxygen atoms in total. The smallest absolute Gasteiger partial charge is 0.272 e. The van der Waals surface area contributed by atoms with Gasteiger partial charge in [-0.1, -0.05) is 37.0 Å². The van der Waals surface area contributed by atoms with Gasteiger partial charge < -0.3 is 15.2 Å². The van der Waals surface area contributed by atoms with E-state index in [1.54, 1.807) is 17.1 Å². The Morgan fingerprint density at radius 3 is 2.65 bits per heavy atom. The van der Waals surface area contributed by atoms with Gasteiger partial charge in [0.2, 0.25) is 0 Å². The molecule has 1 aromatic carbocycles. The van der Waals surface area contributed by atoms with Crippen LogP contribution >= 0.6 is 23.2 Å². The summed E-state index contributed by atoms with van der Waals surface area (Å²) in [5.74, 6) is -2.03. The predicted molar refractivity (Wildman–Crippen MR) is 119 cm³/mol. The van der Waals surface area contributed by atoms with Crippen LogP contribution in [0.2, 0.25) is 10.0 Å². The van der Waals surface area contributed by atoms with Crippen LogP contribution in [0, 0.1) is 5.82 Å². The zero-order valence-corrected chi connectivity index (χ0v) is 18.6. The zero-order valence-electron chi connectivity index (χ0n) is 17.1. The van der Waals surface area contributed by atoms with Crippen LogP contribution in [0.3, 0.4) is 0 Å². The number of aromatic amines is 1. The highest BCUT2D eigenvalue weighted by Crippen LogP contribution is 2.28. The number of H-pyrrole nitrogens is 1. The van der Waals surface area contributed by atoms with Crippen molar-refractivity contribution in [2.75, 3.05) is 25.0 Å². The Morgan fingerprint density at radius 1 is 1.23 bits per heavy atom. The molecule has 0 bridgehead atoms. The van der Waals surface area contributed by atoms with Crippen molar-refractivity contribution in [3.8, 4) is 0 Å². The van der Waals surface area contributed by atoms with Gasteiger partial charge in [0.05, 0.1) is 34.0 Å². The van der Waals surface area contributed by atoms with Crippen molar-refractivity contribution in [2.45, 2.75) is 20.4 Å². The van der Waals surface area contributed by atoms with Gasteiger partial charge in [0, 0.05) is 24.5 Å². The molecule has 0 fully saturated rings. The molecule has 31 heavy (non-hydrogen) atoms. The molecule has 0 aliphatic carbocycles. The summed E-state index contributed by atoms with van der Waals surface area (Å²) in [4.78, 5) is 30.2. The minimum Gasteiger partial charge on any atom is -0.356 e. The van der Waals surface area contributed by atoms with E-state index in [1.807, 2.05) is 0 Å². The molecule has 0 saturated heterocycles. The number of benzene rings is 1. The number of hydrogen-bond acceptors (Lipinski definition) is 4. The number of carbonyl (C=O) groups is 2. The highest BCUT2D eigenvalue weighted by molar-refractivity contribution is 6.37. The molecular formula is C21H22Cl2FN5O2. The van der Waals surface area contributed by atoms with Gasteiger partial charge in [-0.3, -0.25) is 14.3 Å². The SMILES string of the molecule is CCN(CC)CCn1cc(NC(=O)c2cc(C(=O)c3c(Cl)ccc(Cl)c3F)c[nH]2)cn1. The van der Waals surface area contributed by atoms with Crippen LogP contribution in [0.25, 0.3) is 0 Å². The normalized spacial score (nSPS) is 11.2. The van der Waals surface area contributed by atoms with E-state index < -0.39 is 17.5 Å². The highest BCUT2D eigenvalue weighted by Gasteiger charge is 2.22. The van der Waals surface area contributed by atoms with Crippen LogP contribution in [0.4, 0.5) is 10.1 Å². The van der Waals surface area contributed by atoms with Gasteiger partial charge in [0.25, 0.3) is 5.91 Å². The van der Waals surface area contributed by atoms with Crippen molar-refractivity contribution in [1.29, 1.82) is 0 Å². The molecule has 164 valence electrons. The quantitative estimate of drug-likeness (QED) is 0.360. The third-order valence-electron chi connectivity index (χ3n) is 4.89. The Bertz CT molecular complexity index is 1090. The number of rotatable bonds is 9. The number of carbonyl (C=O) groups excluding carboxylic acids is 2. The molecule has 1 amide bonds. The number of hydrogen-bond donors (Lipinski definition) is 2. The Labute approximate surface area is 189 Å². The van der Waals surface area contributed by atoms with Crippen molar-refractivity contribution in [3.05, 3.63) is 69.5 Å². The molecule has 0 aliphatic rings. The summed E-state index contributed by atoms with van der Waals surface area (Å²) in [6, 6.07) is 3.95. The Kier molecular flexibility index (Phi) is 7.48. The van der Waals surface area contributed by atoms with E-state index in [0.717, 1.165) is 19.6 Å². The van der Waals surface area contributed by atoms with Crippen LogP contribution in [-0.2, 0) is 6.54 Å². The summed E-state index contributed by atoms with van der Waals surface area (Å²) >= 11 is 11.7. The molecule has 0 aliphatic heterocycles. The van der Waals surface area contributed by atoms with E-state index >= 15 is 0 Å². The van der Waals surface area contributed by atoms with E-state index in [-0.39, 0.29) is 26.9 Å². The van der Waals surface area contributed by atoms with E-state index in [2.05, 4.69) is 34.1 Å². The largest absolute Gasteiger partial charge is 0.356 e. The van der Waals surface area contributed by atoms with E-state index in [0.29, 0.717) is 12.2 Å². The maximum absolute atomic E-state index is 14.3. The van der Waals surface area contributed by atoms with Gasteiger partial charge in [-0.25, -0.2) is 4.39 Å². The Balaban J connectivity index is 1.67. The number of halogens is 3. The Morgan fingerprint density at radius 2 is 1.94 bits per heavy atom. The fourth-order valence-electron chi connectivity index (χ4n) is 3.07. The van der Waals surface area contributed by atoms with Crippen LogP contribution in [0.1, 0.15) is 40.3 Å². The van der Waals surface area contributed by atoms with Gasteiger partial charge in [-0.15, -0.1) is 0 Å². The zero-order chi connectivity index (χ0) is 22.5. The average Bonchev–Trinajstić information content (AvgIpc) is 3.41. The molecule has 0 saturated carbocycles. The van der Waals surface area contributed by atoms with E-state index in [4.69, 9.17) is 23.2 Å². The van der Waals surface area contributed by atoms with Gasteiger partial charge in [0.15, 0.2) is 11.6 Å². The molecular weight excluding hydrogens is 444 g/mol. The molecule has 0 atom stereocenters. The summed E-state index contributed by atoms with van der Waals surface area (Å²) in [6.07, 6.45) is 4.61. The van der Waals surface area contributed by atoms with Crippen LogP contribution in [0.15, 0.2) is 36.8 Å². The molecule has 3 rings (SSSR count). The second-order valence-electron chi connectivity index (χ2n) is 6.82. The van der Waals surface area contributed by atoms with Crippen LogP contribution in [-0.4, -0.2) is 51.0 Å². The number of nitrogens with zero attached hydrogens (tertiary/aromatic N) is 3. The number of anilines is 1. The summed E-state index contributed by atoms with van der Waals surface area (Å²) in [6.45, 7) is 7.67. The van der Waals surface area contributed by atoms with Crippen molar-refractivity contribution in [1.82, 2.24) is 19.7 Å². The fraction of sp³-hybridized carbons (Fsp3) is 0.286. The first-order chi connectivity index (χ1) is 14.8. The van der Waals surface area contributed by atoms with Crippen LogP contribution in [0.5, 0.6) is 0 Å². The van der Waals surface area contributed by atoms with Gasteiger partial charge in [-0.2, -0.15) is 5.10 Å². The topological polar surface area (TPSA) is 83.0 Å². The monoisotopic (exact) mass is 465 g/mol. The lowest BCUT2D eigenvalue weighted by molar-refractivity contribution is 0.102. The summed E-state index contributed by atoms with van der Waals surface area (Å²) in [7, 11) is 0. The van der Waals surface area contributed by atoms with Gasteiger partial charge >= 0.3 is 0 Å². The first-order valence-corrected chi connectivity index (χ1v) is 10.5. The lowest BCUT2D eigenvalue weighted by Gasteiger charge is -2.17. The van der Waals surface area contributed by atoms with E-state index in [1.165, 1.54) is 24.4 Å². The van der Waals surface area contributed by atoms with Crippen molar-refractivity contribution >= 4 is 40.6 Å². The minimum atomic E-state index is -0.900. The van der Waals surface area contributed by atoms with Gasteiger partial charge in [0.1, 0.15) is 5.69 Å². The minimum absolute atomic E-state index is 0.0590. The van der Waals surface area contributed by atoms with Gasteiger partial charge in [-0.05, 0) is 31.3 Å². The molecule has 0 radical (unpaired) electrons. The molecule has 2 aromatic heterocycles. The van der Waals surface area contributed by atoms with Crippen molar-refractivity contribution in [2.24, 2.45) is 0 Å². The number of amides is 1. The highest BCUT2D eigenvalue weighted by atomic mass is 35.5. The van der Waals surface area contributed by atoms with Crippen molar-refractivity contribution in [3.63, 3.8) is 0 Å². The molecule has 2 heterocycles. The molecule has 0 spiro atoms. The lowest BCUT2D eigenvalue weighted by Crippen LogP contribution is -2.27. The Hall–Kier alpha value is -2.68. The number of nitrogens with one attached hydrogen (secondary N) is 2. The molecule has 2 N–H and O–H groups in total. The maximum atomic E-state index is 14.3. The van der Waals surface area contributed by atoms with Crippen molar-refractivity contribution < 1.29 is 14.0 Å². The standard InChI is InChI=1S/C21H22Cl2FN5O2/c1-3-28(4-2)7-8-29-12-14(11-26-29)27-21(31)17-9-13(10-25-17)20(30)18-15(22)5-6-16(23)19(18)24/h5-6,9-12,25H,3-4,7-8H2,1-2H3,(H,27,31). The second-order valence-corrected chi connectivity index (χ2v) is 7.64. The average molecular weight is 466 g/mol. The van der Waals surface area contributed by atoms with Crippen LogP contribution < -0.4 is 5.32 Å². The number of likely N-dealkylation sites (N-methyl/N-ethyl adjacent to an activating group) is 1. The number of aromatic nitrogens is 3. The number of ketones is 1. The maximum Gasteiger partial charge on any atom is 0.272 e.